The Morgan fingerprint density at radius 3 is 2.75 bits per heavy atom. The minimum atomic E-state index is 0.433. The fraction of sp³-hybridized carbons (Fsp3) is 0.762. The molecule has 3 heterocycles. The van der Waals surface area contributed by atoms with Gasteiger partial charge in [-0.1, -0.05) is 13.8 Å². The highest BCUT2D eigenvalue weighted by atomic mass is 16.5. The molecule has 3 rings (SSSR count). The molecular formula is C21H36N4O3. The van der Waals surface area contributed by atoms with E-state index in [1.807, 2.05) is 12.1 Å². The van der Waals surface area contributed by atoms with E-state index in [1.54, 1.807) is 6.26 Å². The average molecular weight is 393 g/mol. The van der Waals surface area contributed by atoms with Gasteiger partial charge in [0.1, 0.15) is 5.76 Å². The van der Waals surface area contributed by atoms with E-state index in [4.69, 9.17) is 18.9 Å². The summed E-state index contributed by atoms with van der Waals surface area (Å²) in [6.45, 7) is 12.4. The Morgan fingerprint density at radius 1 is 1.21 bits per heavy atom. The van der Waals surface area contributed by atoms with Crippen molar-refractivity contribution < 1.29 is 13.9 Å². The highest BCUT2D eigenvalue weighted by molar-refractivity contribution is 5.79. The third-order valence-corrected chi connectivity index (χ3v) is 5.55. The molecule has 0 aromatic carbocycles. The molecule has 7 nitrogen and oxygen atoms in total. The maximum absolute atomic E-state index is 5.52. The van der Waals surface area contributed by atoms with Crippen molar-refractivity contribution in [3.05, 3.63) is 24.2 Å². The third-order valence-electron chi connectivity index (χ3n) is 5.55. The Bertz CT molecular complexity index is 564. The second kappa shape index (κ2) is 11.4. The number of hydrogen-bond acceptors (Lipinski definition) is 5. The van der Waals surface area contributed by atoms with Crippen LogP contribution in [-0.2, 0) is 15.9 Å². The minimum Gasteiger partial charge on any atom is -0.469 e. The summed E-state index contributed by atoms with van der Waals surface area (Å²) in [5.41, 5.74) is 0. The SMILES string of the molecule is CC(C)C(CN=C(NCCc1ccco1)NCC1CCOC1)N1CCOCC1. The van der Waals surface area contributed by atoms with Crippen LogP contribution in [-0.4, -0.2) is 76.1 Å². The summed E-state index contributed by atoms with van der Waals surface area (Å²) in [5, 5.41) is 7.00. The van der Waals surface area contributed by atoms with Crippen molar-refractivity contribution in [3.63, 3.8) is 0 Å². The van der Waals surface area contributed by atoms with Crippen molar-refractivity contribution in [2.75, 3.05) is 59.2 Å². The summed E-state index contributed by atoms with van der Waals surface area (Å²) in [6, 6.07) is 4.37. The van der Waals surface area contributed by atoms with Gasteiger partial charge < -0.3 is 24.5 Å². The van der Waals surface area contributed by atoms with E-state index < -0.39 is 0 Å². The minimum absolute atomic E-state index is 0.433. The predicted molar refractivity (Wildman–Crippen MR) is 111 cm³/mol. The summed E-state index contributed by atoms with van der Waals surface area (Å²) in [6.07, 6.45) is 3.69. The van der Waals surface area contributed by atoms with Crippen LogP contribution in [0.4, 0.5) is 0 Å². The number of hydrogen-bond donors (Lipinski definition) is 2. The lowest BCUT2D eigenvalue weighted by atomic mass is 10.0. The van der Waals surface area contributed by atoms with E-state index in [-0.39, 0.29) is 0 Å². The molecule has 0 bridgehead atoms. The van der Waals surface area contributed by atoms with Gasteiger partial charge in [-0.25, -0.2) is 0 Å². The van der Waals surface area contributed by atoms with Gasteiger partial charge in [-0.2, -0.15) is 0 Å². The summed E-state index contributed by atoms with van der Waals surface area (Å²) in [5.74, 6) is 2.99. The number of guanidine groups is 1. The van der Waals surface area contributed by atoms with Crippen LogP contribution in [0.2, 0.25) is 0 Å². The van der Waals surface area contributed by atoms with Gasteiger partial charge in [0.2, 0.25) is 0 Å². The number of furan rings is 1. The summed E-state index contributed by atoms with van der Waals surface area (Å²) in [7, 11) is 0. The summed E-state index contributed by atoms with van der Waals surface area (Å²) in [4.78, 5) is 7.46. The molecule has 28 heavy (non-hydrogen) atoms. The molecule has 2 atom stereocenters. The van der Waals surface area contributed by atoms with Gasteiger partial charge in [-0.15, -0.1) is 0 Å². The van der Waals surface area contributed by atoms with Gasteiger partial charge in [0.25, 0.3) is 0 Å². The number of nitrogens with zero attached hydrogens (tertiary/aromatic N) is 2. The topological polar surface area (TPSA) is 71.3 Å². The summed E-state index contributed by atoms with van der Waals surface area (Å²) >= 11 is 0. The first kappa shape index (κ1) is 21.1. The van der Waals surface area contributed by atoms with Gasteiger partial charge in [0.15, 0.2) is 5.96 Å². The molecule has 158 valence electrons. The van der Waals surface area contributed by atoms with Crippen molar-refractivity contribution in [1.29, 1.82) is 0 Å². The van der Waals surface area contributed by atoms with Crippen molar-refractivity contribution >= 4 is 5.96 Å². The second-order valence-corrected chi connectivity index (χ2v) is 8.02. The quantitative estimate of drug-likeness (QED) is 0.493. The number of morpholine rings is 1. The van der Waals surface area contributed by atoms with Crippen LogP contribution in [0, 0.1) is 11.8 Å². The number of aliphatic imine (C=N–C) groups is 1. The molecule has 0 saturated carbocycles. The van der Waals surface area contributed by atoms with Crippen LogP contribution in [0.15, 0.2) is 27.8 Å². The lowest BCUT2D eigenvalue weighted by molar-refractivity contribution is 0.00867. The van der Waals surface area contributed by atoms with Crippen molar-refractivity contribution in [1.82, 2.24) is 15.5 Å². The Balaban J connectivity index is 1.55. The standard InChI is InChI=1S/C21H36N4O3/c1-17(2)20(25-8-12-26-13-9-25)15-24-21(23-14-18-6-11-27-16-18)22-7-5-19-4-3-10-28-19/h3-4,10,17-18,20H,5-9,11-16H2,1-2H3,(H2,22,23,24). The van der Waals surface area contributed by atoms with E-state index >= 15 is 0 Å². The van der Waals surface area contributed by atoms with Gasteiger partial charge in [0.05, 0.1) is 32.6 Å². The maximum Gasteiger partial charge on any atom is 0.191 e. The molecule has 2 aliphatic rings. The van der Waals surface area contributed by atoms with Crippen LogP contribution in [0.3, 0.4) is 0 Å². The number of nitrogens with one attached hydrogen (secondary N) is 2. The fourth-order valence-corrected chi connectivity index (χ4v) is 3.76. The van der Waals surface area contributed by atoms with Crippen LogP contribution in [0.5, 0.6) is 0 Å². The van der Waals surface area contributed by atoms with E-state index in [0.29, 0.717) is 17.9 Å². The monoisotopic (exact) mass is 392 g/mol. The molecule has 2 aliphatic heterocycles. The van der Waals surface area contributed by atoms with Crippen molar-refractivity contribution in [2.24, 2.45) is 16.8 Å². The first-order chi connectivity index (χ1) is 13.7. The third kappa shape index (κ3) is 6.79. The molecule has 2 fully saturated rings. The highest BCUT2D eigenvalue weighted by Gasteiger charge is 2.24. The van der Waals surface area contributed by atoms with Crippen molar-refractivity contribution in [3.8, 4) is 0 Å². The zero-order chi connectivity index (χ0) is 19.6. The molecule has 2 N–H and O–H groups in total. The molecular weight excluding hydrogens is 356 g/mol. The average Bonchev–Trinajstić information content (AvgIpc) is 3.40. The Labute approximate surface area is 168 Å². The van der Waals surface area contributed by atoms with Gasteiger partial charge in [-0.05, 0) is 24.5 Å². The number of ether oxygens (including phenoxy) is 2. The smallest absolute Gasteiger partial charge is 0.191 e. The normalized spacial score (nSPS) is 22.5. The van der Waals surface area contributed by atoms with Crippen molar-refractivity contribution in [2.45, 2.75) is 32.7 Å². The van der Waals surface area contributed by atoms with Crippen LogP contribution in [0.1, 0.15) is 26.0 Å². The highest BCUT2D eigenvalue weighted by Crippen LogP contribution is 2.14. The molecule has 1 aromatic rings. The van der Waals surface area contributed by atoms with E-state index in [1.165, 1.54) is 0 Å². The van der Waals surface area contributed by atoms with E-state index in [2.05, 4.69) is 29.4 Å². The van der Waals surface area contributed by atoms with Crippen LogP contribution < -0.4 is 10.6 Å². The fourth-order valence-electron chi connectivity index (χ4n) is 3.76. The lowest BCUT2D eigenvalue weighted by Gasteiger charge is -2.36. The maximum atomic E-state index is 5.52. The van der Waals surface area contributed by atoms with Gasteiger partial charge >= 0.3 is 0 Å². The second-order valence-electron chi connectivity index (χ2n) is 8.02. The summed E-state index contributed by atoms with van der Waals surface area (Å²) < 4.78 is 16.4. The number of rotatable bonds is 9. The molecule has 0 amide bonds. The largest absolute Gasteiger partial charge is 0.469 e. The first-order valence-electron chi connectivity index (χ1n) is 10.7. The zero-order valence-electron chi connectivity index (χ0n) is 17.4. The van der Waals surface area contributed by atoms with Crippen LogP contribution >= 0.6 is 0 Å². The molecule has 0 radical (unpaired) electrons. The first-order valence-corrected chi connectivity index (χ1v) is 10.7. The van der Waals surface area contributed by atoms with Crippen LogP contribution in [0.25, 0.3) is 0 Å². The Hall–Kier alpha value is -1.57. The predicted octanol–water partition coefficient (Wildman–Crippen LogP) is 1.75. The van der Waals surface area contributed by atoms with Gasteiger partial charge in [-0.3, -0.25) is 9.89 Å². The van der Waals surface area contributed by atoms with Gasteiger partial charge in [0, 0.05) is 51.2 Å². The van der Waals surface area contributed by atoms with E-state index in [0.717, 1.165) is 83.7 Å². The molecule has 1 aromatic heterocycles. The molecule has 0 spiro atoms. The molecule has 7 heteroatoms. The molecule has 2 saturated heterocycles. The molecule has 2 unspecified atom stereocenters. The lowest BCUT2D eigenvalue weighted by Crippen LogP contribution is -2.48. The molecule has 0 aliphatic carbocycles. The zero-order valence-corrected chi connectivity index (χ0v) is 17.4. The Morgan fingerprint density at radius 2 is 2.07 bits per heavy atom. The Kier molecular flexibility index (Phi) is 8.64. The van der Waals surface area contributed by atoms with E-state index in [9.17, 15) is 0 Å².